The van der Waals surface area contributed by atoms with Gasteiger partial charge in [0, 0.05) is 49.5 Å². The summed E-state index contributed by atoms with van der Waals surface area (Å²) in [5, 5.41) is 0. The number of imidazole rings is 1. The lowest BCUT2D eigenvalue weighted by atomic mass is 10.1. The summed E-state index contributed by atoms with van der Waals surface area (Å²) in [6, 6.07) is 3.85. The molecule has 2 aromatic rings. The van der Waals surface area contributed by atoms with Gasteiger partial charge in [0.1, 0.15) is 5.82 Å². The van der Waals surface area contributed by atoms with Gasteiger partial charge >= 0.3 is 0 Å². The maximum atomic E-state index is 12.8. The molecular formula is C13H13F2N3. The van der Waals surface area contributed by atoms with E-state index in [2.05, 4.69) is 15.0 Å². The van der Waals surface area contributed by atoms with Crippen molar-refractivity contribution in [2.24, 2.45) is 5.92 Å². The Morgan fingerprint density at radius 2 is 2.06 bits per heavy atom. The number of aromatic amines is 1. The first-order valence-corrected chi connectivity index (χ1v) is 5.93. The van der Waals surface area contributed by atoms with Crippen LogP contribution in [0.4, 0.5) is 8.78 Å². The number of alkyl halides is 2. The minimum atomic E-state index is -2.47. The van der Waals surface area contributed by atoms with E-state index in [9.17, 15) is 8.78 Å². The van der Waals surface area contributed by atoms with Crippen molar-refractivity contribution < 1.29 is 8.78 Å². The molecule has 3 rings (SSSR count). The third-order valence-corrected chi connectivity index (χ3v) is 3.22. The quantitative estimate of drug-likeness (QED) is 0.904. The van der Waals surface area contributed by atoms with Crippen molar-refractivity contribution >= 4 is 0 Å². The highest BCUT2D eigenvalue weighted by Gasteiger charge is 2.56. The van der Waals surface area contributed by atoms with Gasteiger partial charge in [-0.3, -0.25) is 4.98 Å². The van der Waals surface area contributed by atoms with E-state index in [1.807, 2.05) is 12.1 Å². The van der Waals surface area contributed by atoms with Crippen molar-refractivity contribution in [1.29, 1.82) is 0 Å². The predicted molar refractivity (Wildman–Crippen MR) is 62.4 cm³/mol. The third kappa shape index (κ3) is 2.39. The molecule has 1 saturated carbocycles. The number of hydrogen-bond acceptors (Lipinski definition) is 2. The fourth-order valence-electron chi connectivity index (χ4n) is 2.04. The van der Waals surface area contributed by atoms with Gasteiger partial charge < -0.3 is 4.98 Å². The van der Waals surface area contributed by atoms with Crippen molar-refractivity contribution in [1.82, 2.24) is 15.0 Å². The minimum Gasteiger partial charge on any atom is -0.346 e. The van der Waals surface area contributed by atoms with Crippen LogP contribution in [0.15, 0.2) is 30.7 Å². The Balaban J connectivity index is 1.63. The summed E-state index contributed by atoms with van der Waals surface area (Å²) in [6.45, 7) is 0. The first-order chi connectivity index (χ1) is 8.63. The van der Waals surface area contributed by atoms with E-state index in [1.165, 1.54) is 0 Å². The number of hydrogen-bond donors (Lipinski definition) is 1. The number of nitrogens with zero attached hydrogens (tertiary/aromatic N) is 2. The van der Waals surface area contributed by atoms with Gasteiger partial charge in [0.15, 0.2) is 0 Å². The molecular weight excluding hydrogens is 236 g/mol. The minimum absolute atomic E-state index is 0.00656. The first kappa shape index (κ1) is 11.3. The molecule has 5 heteroatoms. The van der Waals surface area contributed by atoms with Crippen molar-refractivity contribution in [2.45, 2.75) is 25.2 Å². The summed E-state index contributed by atoms with van der Waals surface area (Å²) >= 11 is 0. The average molecular weight is 249 g/mol. The Morgan fingerprint density at radius 3 is 2.72 bits per heavy atom. The predicted octanol–water partition coefficient (Wildman–Crippen LogP) is 2.59. The lowest BCUT2D eigenvalue weighted by molar-refractivity contribution is 0.0985. The van der Waals surface area contributed by atoms with Gasteiger partial charge in [-0.1, -0.05) is 0 Å². The molecule has 1 N–H and O–H groups in total. The van der Waals surface area contributed by atoms with Crippen molar-refractivity contribution in [3.8, 4) is 0 Å². The molecule has 0 radical (unpaired) electrons. The molecule has 18 heavy (non-hydrogen) atoms. The Hall–Kier alpha value is -1.78. The monoisotopic (exact) mass is 249 g/mol. The summed E-state index contributed by atoms with van der Waals surface area (Å²) < 4.78 is 25.6. The van der Waals surface area contributed by atoms with Gasteiger partial charge in [0.05, 0.1) is 0 Å². The van der Waals surface area contributed by atoms with Crippen molar-refractivity contribution in [3.05, 3.63) is 47.8 Å². The number of halogens is 2. The largest absolute Gasteiger partial charge is 0.346 e. The van der Waals surface area contributed by atoms with Crippen molar-refractivity contribution in [3.63, 3.8) is 0 Å². The molecule has 3 nitrogen and oxygen atoms in total. The number of aromatic nitrogens is 3. The molecule has 1 aliphatic rings. The van der Waals surface area contributed by atoms with E-state index in [0.29, 0.717) is 12.2 Å². The summed E-state index contributed by atoms with van der Waals surface area (Å²) in [6.07, 6.45) is 6.23. The molecule has 2 aromatic heterocycles. The number of pyridine rings is 1. The van der Waals surface area contributed by atoms with Gasteiger partial charge in [-0.25, -0.2) is 13.8 Å². The fourth-order valence-corrected chi connectivity index (χ4v) is 2.04. The van der Waals surface area contributed by atoms with E-state index < -0.39 is 11.8 Å². The molecule has 1 aliphatic carbocycles. The van der Waals surface area contributed by atoms with Crippen LogP contribution in [0, 0.1) is 5.92 Å². The van der Waals surface area contributed by atoms with Gasteiger partial charge in [0.2, 0.25) is 0 Å². The van der Waals surface area contributed by atoms with Crippen LogP contribution >= 0.6 is 0 Å². The second-order valence-corrected chi connectivity index (χ2v) is 4.75. The summed E-state index contributed by atoms with van der Waals surface area (Å²) in [5.74, 6) is -2.35. The van der Waals surface area contributed by atoms with Crippen LogP contribution in [-0.2, 0) is 12.8 Å². The van der Waals surface area contributed by atoms with E-state index in [0.717, 1.165) is 17.7 Å². The Kier molecular flexibility index (Phi) is 2.61. The average Bonchev–Trinajstić information content (AvgIpc) is 2.73. The summed E-state index contributed by atoms with van der Waals surface area (Å²) in [5.41, 5.74) is 2.07. The van der Waals surface area contributed by atoms with Gasteiger partial charge in [-0.15, -0.1) is 0 Å². The standard InChI is InChI=1S/C13H13F2N3/c14-13(15)7-10(13)6-12-17-8-11(18-12)5-9-1-3-16-4-2-9/h1-4,8,10H,5-7H2,(H,17,18). The van der Waals surface area contributed by atoms with Crippen LogP contribution in [0.5, 0.6) is 0 Å². The highest BCUT2D eigenvalue weighted by atomic mass is 19.3. The zero-order valence-corrected chi connectivity index (χ0v) is 9.74. The highest BCUT2D eigenvalue weighted by Crippen LogP contribution is 2.49. The van der Waals surface area contributed by atoms with Crippen molar-refractivity contribution in [2.75, 3.05) is 0 Å². The maximum absolute atomic E-state index is 12.8. The van der Waals surface area contributed by atoms with Crippen LogP contribution < -0.4 is 0 Å². The topological polar surface area (TPSA) is 41.6 Å². The SMILES string of the molecule is FC1(F)CC1Cc1ncc(Cc2ccncc2)[nH]1. The lowest BCUT2D eigenvalue weighted by Gasteiger charge is -1.98. The Morgan fingerprint density at radius 1 is 1.33 bits per heavy atom. The molecule has 0 saturated heterocycles. The number of H-pyrrole nitrogens is 1. The number of nitrogens with one attached hydrogen (secondary N) is 1. The molecule has 0 aliphatic heterocycles. The molecule has 94 valence electrons. The molecule has 0 aromatic carbocycles. The number of rotatable bonds is 4. The van der Waals surface area contributed by atoms with Crippen LogP contribution in [0.2, 0.25) is 0 Å². The molecule has 1 unspecified atom stereocenters. The third-order valence-electron chi connectivity index (χ3n) is 3.22. The summed E-state index contributed by atoms with van der Waals surface area (Å²) in [7, 11) is 0. The van der Waals surface area contributed by atoms with E-state index in [4.69, 9.17) is 0 Å². The molecule has 0 bridgehead atoms. The molecule has 0 spiro atoms. The molecule has 1 fully saturated rings. The molecule has 2 heterocycles. The van der Waals surface area contributed by atoms with Crippen LogP contribution in [-0.4, -0.2) is 20.9 Å². The zero-order valence-electron chi connectivity index (χ0n) is 9.74. The molecule has 1 atom stereocenters. The van der Waals surface area contributed by atoms with E-state index in [1.54, 1.807) is 18.6 Å². The second-order valence-electron chi connectivity index (χ2n) is 4.75. The van der Waals surface area contributed by atoms with Gasteiger partial charge in [-0.2, -0.15) is 0 Å². The smallest absolute Gasteiger partial charge is 0.252 e. The van der Waals surface area contributed by atoms with Crippen LogP contribution in [0.25, 0.3) is 0 Å². The molecule has 0 amide bonds. The summed E-state index contributed by atoms with van der Waals surface area (Å²) in [4.78, 5) is 11.2. The lowest BCUT2D eigenvalue weighted by Crippen LogP contribution is -1.99. The normalized spacial score (nSPS) is 20.9. The van der Waals surface area contributed by atoms with Crippen LogP contribution in [0.1, 0.15) is 23.5 Å². The first-order valence-electron chi connectivity index (χ1n) is 5.93. The van der Waals surface area contributed by atoms with Gasteiger partial charge in [0.25, 0.3) is 5.92 Å². The van der Waals surface area contributed by atoms with Crippen LogP contribution in [0.3, 0.4) is 0 Å². The maximum Gasteiger partial charge on any atom is 0.252 e. The highest BCUT2D eigenvalue weighted by molar-refractivity contribution is 5.18. The van der Waals surface area contributed by atoms with E-state index >= 15 is 0 Å². The Labute approximate surface area is 103 Å². The van der Waals surface area contributed by atoms with Gasteiger partial charge in [-0.05, 0) is 17.7 Å². The fraction of sp³-hybridized carbons (Fsp3) is 0.385. The Bertz CT molecular complexity index is 536. The van der Waals surface area contributed by atoms with E-state index in [-0.39, 0.29) is 6.42 Å². The zero-order chi connectivity index (χ0) is 12.6. The second kappa shape index (κ2) is 4.15.